The molecule has 3 aromatic rings. The van der Waals surface area contributed by atoms with E-state index in [1.54, 1.807) is 11.0 Å². The molecule has 0 saturated carbocycles. The molecular weight excluding hydrogens is 546 g/mol. The molecule has 7 nitrogen and oxygen atoms in total. The molecule has 0 aliphatic heterocycles. The van der Waals surface area contributed by atoms with Crippen LogP contribution in [0.4, 0.5) is 5.69 Å². The second-order valence-corrected chi connectivity index (χ2v) is 13.1. The Morgan fingerprint density at radius 1 is 0.881 bits per heavy atom. The van der Waals surface area contributed by atoms with Crippen LogP contribution in [0.1, 0.15) is 60.9 Å². The highest BCUT2D eigenvalue weighted by Crippen LogP contribution is 2.23. The minimum absolute atomic E-state index is 0.0339. The fourth-order valence-corrected chi connectivity index (χ4v) is 5.73. The number of rotatable bonds is 14. The van der Waals surface area contributed by atoms with Crippen molar-refractivity contribution in [1.82, 2.24) is 10.2 Å². The van der Waals surface area contributed by atoms with Gasteiger partial charge in [0.2, 0.25) is 21.8 Å². The van der Waals surface area contributed by atoms with Crippen molar-refractivity contribution >= 4 is 27.5 Å². The van der Waals surface area contributed by atoms with E-state index in [4.69, 9.17) is 0 Å². The minimum Gasteiger partial charge on any atom is -0.352 e. The first-order valence-corrected chi connectivity index (χ1v) is 16.5. The van der Waals surface area contributed by atoms with Crippen LogP contribution in [0.2, 0.25) is 0 Å². The third kappa shape index (κ3) is 9.44. The fraction of sp³-hybridized carbons (Fsp3) is 0.412. The smallest absolute Gasteiger partial charge is 0.243 e. The Labute approximate surface area is 252 Å². The highest BCUT2D eigenvalue weighted by atomic mass is 32.2. The van der Waals surface area contributed by atoms with Crippen molar-refractivity contribution in [2.45, 2.75) is 78.9 Å². The van der Waals surface area contributed by atoms with E-state index >= 15 is 0 Å². The van der Waals surface area contributed by atoms with E-state index in [0.717, 1.165) is 34.2 Å². The molecule has 0 aromatic heterocycles. The van der Waals surface area contributed by atoms with Crippen LogP contribution in [0.25, 0.3) is 0 Å². The van der Waals surface area contributed by atoms with Crippen LogP contribution in [-0.2, 0) is 32.6 Å². The Bertz CT molecular complexity index is 1440. The Kier molecular flexibility index (Phi) is 11.7. The maximum Gasteiger partial charge on any atom is 0.243 e. The van der Waals surface area contributed by atoms with Gasteiger partial charge in [0, 0.05) is 32.0 Å². The van der Waals surface area contributed by atoms with E-state index < -0.39 is 16.1 Å². The molecule has 2 unspecified atom stereocenters. The Morgan fingerprint density at radius 2 is 1.55 bits per heavy atom. The third-order valence-corrected chi connectivity index (χ3v) is 8.87. The molecule has 0 aliphatic rings. The predicted molar refractivity (Wildman–Crippen MR) is 171 cm³/mol. The van der Waals surface area contributed by atoms with Crippen molar-refractivity contribution in [3.63, 3.8) is 0 Å². The van der Waals surface area contributed by atoms with E-state index in [0.29, 0.717) is 18.5 Å². The monoisotopic (exact) mass is 591 g/mol. The molecule has 8 heteroatoms. The average Bonchev–Trinajstić information content (AvgIpc) is 2.95. The largest absolute Gasteiger partial charge is 0.352 e. The van der Waals surface area contributed by atoms with Crippen molar-refractivity contribution < 1.29 is 18.0 Å². The molecule has 3 aromatic carbocycles. The van der Waals surface area contributed by atoms with Crippen molar-refractivity contribution in [3.05, 3.63) is 101 Å². The van der Waals surface area contributed by atoms with Gasteiger partial charge in [-0.05, 0) is 74.9 Å². The van der Waals surface area contributed by atoms with Crippen LogP contribution >= 0.6 is 0 Å². The van der Waals surface area contributed by atoms with Gasteiger partial charge in [0.05, 0.1) is 11.9 Å². The topological polar surface area (TPSA) is 86.8 Å². The summed E-state index contributed by atoms with van der Waals surface area (Å²) in [5, 5.41) is 3.09. The fourth-order valence-electron chi connectivity index (χ4n) is 4.77. The summed E-state index contributed by atoms with van der Waals surface area (Å²) in [6, 6.07) is 22.5. The van der Waals surface area contributed by atoms with Crippen LogP contribution < -0.4 is 9.62 Å². The highest BCUT2D eigenvalue weighted by Gasteiger charge is 2.31. The molecule has 2 amide bonds. The van der Waals surface area contributed by atoms with Crippen LogP contribution in [0, 0.1) is 20.8 Å². The number of amides is 2. The number of nitrogens with zero attached hydrogens (tertiary/aromatic N) is 2. The van der Waals surface area contributed by atoms with Gasteiger partial charge in [-0.2, -0.15) is 0 Å². The van der Waals surface area contributed by atoms with Gasteiger partial charge < -0.3 is 10.2 Å². The van der Waals surface area contributed by atoms with Gasteiger partial charge in [-0.25, -0.2) is 8.42 Å². The van der Waals surface area contributed by atoms with Crippen molar-refractivity contribution in [3.8, 4) is 0 Å². The quantitative estimate of drug-likeness (QED) is 0.260. The Hall–Kier alpha value is -3.65. The lowest BCUT2D eigenvalue weighted by Crippen LogP contribution is -2.52. The Balaban J connectivity index is 1.89. The van der Waals surface area contributed by atoms with E-state index in [9.17, 15) is 18.0 Å². The lowest BCUT2D eigenvalue weighted by molar-refractivity contribution is -0.141. The van der Waals surface area contributed by atoms with E-state index in [1.165, 1.54) is 10.6 Å². The molecule has 1 N–H and O–H groups in total. The number of hydrogen-bond donors (Lipinski definition) is 1. The summed E-state index contributed by atoms with van der Waals surface area (Å²) in [6.45, 7) is 10.3. The molecule has 0 fully saturated rings. The van der Waals surface area contributed by atoms with Crippen molar-refractivity contribution in [2.75, 3.05) is 17.1 Å². The number of anilines is 1. The summed E-state index contributed by atoms with van der Waals surface area (Å²) in [6.07, 6.45) is 2.75. The van der Waals surface area contributed by atoms with Crippen molar-refractivity contribution in [2.24, 2.45) is 0 Å². The zero-order chi connectivity index (χ0) is 30.9. The van der Waals surface area contributed by atoms with Crippen molar-refractivity contribution in [1.29, 1.82) is 0 Å². The van der Waals surface area contributed by atoms with Gasteiger partial charge in [0.15, 0.2) is 0 Å². The SMILES string of the molecule is CCC(C)NC(=O)C(Cc1ccccc1)N(Cc1ccc(C)cc1)C(=O)CCCN(c1ccc(C)c(C)c1)S(C)(=O)=O. The number of hydrogen-bond acceptors (Lipinski definition) is 4. The first-order valence-electron chi connectivity index (χ1n) is 14.6. The molecule has 42 heavy (non-hydrogen) atoms. The van der Waals surface area contributed by atoms with Crippen LogP contribution in [0.15, 0.2) is 72.8 Å². The summed E-state index contributed by atoms with van der Waals surface area (Å²) < 4.78 is 26.8. The summed E-state index contributed by atoms with van der Waals surface area (Å²) in [4.78, 5) is 29.3. The molecule has 3 rings (SSSR count). The summed E-state index contributed by atoms with van der Waals surface area (Å²) in [5.41, 5.74) is 5.66. The first-order chi connectivity index (χ1) is 19.9. The molecule has 2 atom stereocenters. The zero-order valence-corrected chi connectivity index (χ0v) is 26.6. The predicted octanol–water partition coefficient (Wildman–Crippen LogP) is 5.71. The number of sulfonamides is 1. The number of nitrogens with one attached hydrogen (secondary N) is 1. The molecule has 0 aliphatic carbocycles. The first kappa shape index (κ1) is 32.9. The van der Waals surface area contributed by atoms with Gasteiger partial charge in [0.1, 0.15) is 6.04 Å². The Morgan fingerprint density at radius 3 is 2.14 bits per heavy atom. The maximum atomic E-state index is 14.0. The van der Waals surface area contributed by atoms with Crippen LogP contribution in [-0.4, -0.2) is 50.0 Å². The van der Waals surface area contributed by atoms with Gasteiger partial charge in [-0.3, -0.25) is 13.9 Å². The standard InChI is InChI=1S/C34H45N3O4S/c1-7-28(5)35-34(39)32(23-29-12-9-8-10-13-29)36(24-30-18-15-25(2)16-19-30)33(38)14-11-21-37(42(6,40)41)31-20-17-26(3)27(4)22-31/h8-10,12-13,15-20,22,28,32H,7,11,14,21,23-24H2,1-6H3,(H,35,39). The van der Waals surface area contributed by atoms with E-state index in [-0.39, 0.29) is 37.4 Å². The normalized spacial score (nSPS) is 12.8. The maximum absolute atomic E-state index is 14.0. The molecule has 0 bridgehead atoms. The molecule has 0 radical (unpaired) electrons. The summed E-state index contributed by atoms with van der Waals surface area (Å²) >= 11 is 0. The van der Waals surface area contributed by atoms with E-state index in [1.807, 2.05) is 101 Å². The van der Waals surface area contributed by atoms with Gasteiger partial charge in [-0.15, -0.1) is 0 Å². The number of aryl methyl sites for hydroxylation is 3. The number of carbonyl (C=O) groups is 2. The zero-order valence-electron chi connectivity index (χ0n) is 25.8. The third-order valence-electron chi connectivity index (χ3n) is 7.68. The summed E-state index contributed by atoms with van der Waals surface area (Å²) in [7, 11) is -3.56. The minimum atomic E-state index is -3.56. The molecule has 0 saturated heterocycles. The van der Waals surface area contributed by atoms with Crippen LogP contribution in [0.3, 0.4) is 0 Å². The average molecular weight is 592 g/mol. The highest BCUT2D eigenvalue weighted by molar-refractivity contribution is 7.92. The lowest BCUT2D eigenvalue weighted by Gasteiger charge is -2.33. The second kappa shape index (κ2) is 15.0. The molecule has 226 valence electrons. The lowest BCUT2D eigenvalue weighted by atomic mass is 10.0. The van der Waals surface area contributed by atoms with Gasteiger partial charge in [-0.1, -0.05) is 73.2 Å². The molecule has 0 heterocycles. The van der Waals surface area contributed by atoms with Crippen LogP contribution in [0.5, 0.6) is 0 Å². The number of carbonyl (C=O) groups excluding carboxylic acids is 2. The molecule has 0 spiro atoms. The number of benzene rings is 3. The molecular formula is C34H45N3O4S. The second-order valence-electron chi connectivity index (χ2n) is 11.2. The van der Waals surface area contributed by atoms with Gasteiger partial charge in [0.25, 0.3) is 0 Å². The van der Waals surface area contributed by atoms with E-state index in [2.05, 4.69) is 5.32 Å². The summed E-state index contributed by atoms with van der Waals surface area (Å²) in [5.74, 6) is -0.383. The van der Waals surface area contributed by atoms with Gasteiger partial charge >= 0.3 is 0 Å².